The van der Waals surface area contributed by atoms with Gasteiger partial charge in [0.15, 0.2) is 0 Å². The summed E-state index contributed by atoms with van der Waals surface area (Å²) in [5, 5.41) is 4.23. The van der Waals surface area contributed by atoms with Crippen LogP contribution in [-0.4, -0.2) is 18.0 Å². The maximum atomic E-state index is 12.1. The number of nitrogens with one attached hydrogen (secondary N) is 1. The van der Waals surface area contributed by atoms with Crippen molar-refractivity contribution in [1.29, 1.82) is 0 Å². The molecule has 1 aromatic carbocycles. The average molecular weight is 305 g/mol. The Bertz CT molecular complexity index is 647. The summed E-state index contributed by atoms with van der Waals surface area (Å²) in [7, 11) is -3.70. The van der Waals surface area contributed by atoms with E-state index in [1.165, 1.54) is 18.3 Å². The molecule has 2 rings (SSSR count). The van der Waals surface area contributed by atoms with Crippen molar-refractivity contribution in [3.05, 3.63) is 28.9 Å². The predicted octanol–water partition coefficient (Wildman–Crippen LogP) is 1.88. The molecule has 0 spiro atoms. The van der Waals surface area contributed by atoms with Crippen molar-refractivity contribution in [2.45, 2.75) is 11.8 Å². The van der Waals surface area contributed by atoms with Gasteiger partial charge in [-0.05, 0) is 24.6 Å². The van der Waals surface area contributed by atoms with E-state index < -0.39 is 10.0 Å². The minimum atomic E-state index is -3.70. The molecule has 0 saturated heterocycles. The molecule has 1 aromatic heterocycles. The summed E-state index contributed by atoms with van der Waals surface area (Å²) >= 11 is 6.83. The van der Waals surface area contributed by atoms with Crippen molar-refractivity contribution < 1.29 is 8.42 Å². The van der Waals surface area contributed by atoms with E-state index in [0.717, 1.165) is 11.5 Å². The van der Waals surface area contributed by atoms with Crippen LogP contribution in [0.3, 0.4) is 0 Å². The molecule has 9 heteroatoms. The molecule has 0 aliphatic rings. The average Bonchev–Trinajstić information content (AvgIpc) is 2.77. The van der Waals surface area contributed by atoms with Crippen molar-refractivity contribution in [3.63, 3.8) is 0 Å². The number of benzene rings is 1. The van der Waals surface area contributed by atoms with Crippen LogP contribution in [0.1, 0.15) is 5.56 Å². The molecule has 2 aromatic rings. The Kier molecular flexibility index (Phi) is 3.42. The molecular weight excluding hydrogens is 296 g/mol. The number of hydrogen-bond acceptors (Lipinski definition) is 6. The van der Waals surface area contributed by atoms with Gasteiger partial charge in [0.25, 0.3) is 10.0 Å². The Hall–Kier alpha value is -1.38. The predicted molar refractivity (Wildman–Crippen MR) is 71.3 cm³/mol. The molecule has 0 aliphatic heterocycles. The zero-order valence-electron chi connectivity index (χ0n) is 9.21. The second kappa shape index (κ2) is 4.71. The number of aromatic nitrogens is 2. The number of rotatable bonds is 3. The number of halogens is 1. The van der Waals surface area contributed by atoms with E-state index >= 15 is 0 Å². The fourth-order valence-electron chi connectivity index (χ4n) is 1.32. The fraction of sp³-hybridized carbons (Fsp3) is 0.111. The fourth-order valence-corrected chi connectivity index (χ4v) is 3.23. The van der Waals surface area contributed by atoms with Gasteiger partial charge in [-0.1, -0.05) is 16.1 Å². The van der Waals surface area contributed by atoms with Gasteiger partial charge in [0.2, 0.25) is 0 Å². The molecule has 96 valence electrons. The number of nitrogens with zero attached hydrogens (tertiary/aromatic N) is 2. The first-order chi connectivity index (χ1) is 8.40. The van der Waals surface area contributed by atoms with Crippen LogP contribution >= 0.6 is 23.1 Å². The van der Waals surface area contributed by atoms with Crippen molar-refractivity contribution in [3.8, 4) is 0 Å². The van der Waals surface area contributed by atoms with Crippen LogP contribution < -0.4 is 10.5 Å². The molecule has 0 aliphatic carbocycles. The minimum absolute atomic E-state index is 0.0512. The summed E-state index contributed by atoms with van der Waals surface area (Å²) in [6.07, 6.45) is 1.33. The van der Waals surface area contributed by atoms with E-state index in [-0.39, 0.29) is 10.6 Å². The molecule has 0 bridgehead atoms. The van der Waals surface area contributed by atoms with Crippen LogP contribution in [0.15, 0.2) is 23.2 Å². The molecule has 1 heterocycles. The number of nitrogens with two attached hydrogens (primary N) is 1. The van der Waals surface area contributed by atoms with Gasteiger partial charge in [0.05, 0.1) is 21.8 Å². The summed E-state index contributed by atoms with van der Waals surface area (Å²) in [4.78, 5) is 0.0512. The largest absolute Gasteiger partial charge is 0.397 e. The number of anilines is 2. The summed E-state index contributed by atoms with van der Waals surface area (Å²) in [5.74, 6) is 0. The molecule has 0 unspecified atom stereocenters. The van der Waals surface area contributed by atoms with Crippen molar-refractivity contribution in [1.82, 2.24) is 9.59 Å². The first kappa shape index (κ1) is 13.1. The lowest BCUT2D eigenvalue weighted by molar-refractivity contribution is 0.601. The number of hydrogen-bond donors (Lipinski definition) is 2. The van der Waals surface area contributed by atoms with Gasteiger partial charge in [-0.3, -0.25) is 4.72 Å². The highest BCUT2D eigenvalue weighted by molar-refractivity contribution is 7.93. The quantitative estimate of drug-likeness (QED) is 0.844. The lowest BCUT2D eigenvalue weighted by Gasteiger charge is -2.09. The van der Waals surface area contributed by atoms with E-state index in [2.05, 4.69) is 14.3 Å². The molecule has 18 heavy (non-hydrogen) atoms. The Balaban J connectivity index is 2.42. The Morgan fingerprint density at radius 2 is 2.17 bits per heavy atom. The summed E-state index contributed by atoms with van der Waals surface area (Å²) < 4.78 is 30.0. The highest BCUT2D eigenvalue weighted by Crippen LogP contribution is 2.28. The third-order valence-corrected chi connectivity index (χ3v) is 4.73. The lowest BCUT2D eigenvalue weighted by Crippen LogP contribution is -2.12. The number of sulfonamides is 1. The third kappa shape index (κ3) is 2.55. The van der Waals surface area contributed by atoms with Crippen LogP contribution in [-0.2, 0) is 10.0 Å². The lowest BCUT2D eigenvalue weighted by atomic mass is 10.2. The zero-order chi connectivity index (χ0) is 13.3. The van der Waals surface area contributed by atoms with Gasteiger partial charge in [0, 0.05) is 11.5 Å². The van der Waals surface area contributed by atoms with E-state index in [1.807, 2.05) is 0 Å². The molecule has 0 atom stereocenters. The van der Waals surface area contributed by atoms with Crippen LogP contribution in [0.4, 0.5) is 10.7 Å². The normalized spacial score (nSPS) is 11.4. The second-order valence-corrected chi connectivity index (χ2v) is 6.38. The Morgan fingerprint density at radius 1 is 1.44 bits per heavy atom. The van der Waals surface area contributed by atoms with Gasteiger partial charge in [-0.2, -0.15) is 0 Å². The third-order valence-electron chi connectivity index (χ3n) is 2.16. The van der Waals surface area contributed by atoms with E-state index in [9.17, 15) is 8.42 Å². The van der Waals surface area contributed by atoms with Gasteiger partial charge in [-0.25, -0.2) is 8.42 Å². The van der Waals surface area contributed by atoms with Gasteiger partial charge < -0.3 is 5.73 Å². The molecule has 0 saturated carbocycles. The Morgan fingerprint density at radius 3 is 2.72 bits per heavy atom. The molecular formula is C9H9ClN4O2S2. The Labute approximate surface area is 113 Å². The second-order valence-electron chi connectivity index (χ2n) is 3.53. The highest BCUT2D eigenvalue weighted by atomic mass is 35.5. The van der Waals surface area contributed by atoms with Gasteiger partial charge >= 0.3 is 0 Å². The standard InChI is InChI=1S/C9H9ClN4O2S2/c1-5-2-6(3-7(11)9(5)10)18(15,16)13-8-4-12-14-17-8/h2-4,13H,11H2,1H3. The van der Waals surface area contributed by atoms with E-state index in [4.69, 9.17) is 17.3 Å². The molecule has 6 nitrogen and oxygen atoms in total. The van der Waals surface area contributed by atoms with Crippen LogP contribution in [0, 0.1) is 6.92 Å². The maximum absolute atomic E-state index is 12.1. The van der Waals surface area contributed by atoms with Crippen LogP contribution in [0.2, 0.25) is 5.02 Å². The first-order valence-corrected chi connectivity index (χ1v) is 7.39. The highest BCUT2D eigenvalue weighted by Gasteiger charge is 2.17. The minimum Gasteiger partial charge on any atom is -0.397 e. The zero-order valence-corrected chi connectivity index (χ0v) is 11.6. The molecule has 0 radical (unpaired) electrons. The maximum Gasteiger partial charge on any atom is 0.262 e. The van der Waals surface area contributed by atoms with Crippen molar-refractivity contribution in [2.24, 2.45) is 0 Å². The first-order valence-electron chi connectivity index (χ1n) is 4.76. The van der Waals surface area contributed by atoms with Crippen molar-refractivity contribution >= 4 is 43.8 Å². The summed E-state index contributed by atoms with van der Waals surface area (Å²) in [6.45, 7) is 1.69. The molecule has 0 fully saturated rings. The van der Waals surface area contributed by atoms with Crippen LogP contribution in [0.5, 0.6) is 0 Å². The van der Waals surface area contributed by atoms with Crippen molar-refractivity contribution in [2.75, 3.05) is 10.5 Å². The summed E-state index contributed by atoms with van der Waals surface area (Å²) in [5.41, 5.74) is 6.46. The van der Waals surface area contributed by atoms with E-state index in [1.54, 1.807) is 6.92 Å². The van der Waals surface area contributed by atoms with Gasteiger partial charge in [0.1, 0.15) is 5.00 Å². The van der Waals surface area contributed by atoms with Crippen LogP contribution in [0.25, 0.3) is 0 Å². The topological polar surface area (TPSA) is 98.0 Å². The van der Waals surface area contributed by atoms with Gasteiger partial charge in [-0.15, -0.1) is 5.10 Å². The summed E-state index contributed by atoms with van der Waals surface area (Å²) in [6, 6.07) is 2.77. The SMILES string of the molecule is Cc1cc(S(=O)(=O)Nc2cnns2)cc(N)c1Cl. The smallest absolute Gasteiger partial charge is 0.262 e. The number of nitrogen functional groups attached to an aromatic ring is 1. The van der Waals surface area contributed by atoms with E-state index in [0.29, 0.717) is 15.6 Å². The molecule has 3 N–H and O–H groups in total. The monoisotopic (exact) mass is 304 g/mol. The number of aryl methyl sites for hydroxylation is 1. The molecule has 0 amide bonds.